The Morgan fingerprint density at radius 2 is 2.24 bits per heavy atom. The maximum atomic E-state index is 11.9. The molecule has 1 aliphatic rings. The van der Waals surface area contributed by atoms with Gasteiger partial charge in [-0.05, 0) is 40.2 Å². The highest BCUT2D eigenvalue weighted by Gasteiger charge is 2.44. The minimum absolute atomic E-state index is 0.255. The molecule has 1 N–H and O–H groups in total. The van der Waals surface area contributed by atoms with Crippen molar-refractivity contribution in [3.63, 3.8) is 0 Å². The molecule has 0 radical (unpaired) electrons. The Balaban J connectivity index is 2.76. The lowest BCUT2D eigenvalue weighted by Gasteiger charge is -2.44. The minimum Gasteiger partial charge on any atom is -0.466 e. The van der Waals surface area contributed by atoms with Crippen LogP contribution in [0.15, 0.2) is 0 Å². The number of hydrogen-bond donors (Lipinski definition) is 1. The molecule has 0 saturated carbocycles. The van der Waals surface area contributed by atoms with E-state index < -0.39 is 11.5 Å². The van der Waals surface area contributed by atoms with Gasteiger partial charge in [-0.3, -0.25) is 4.79 Å². The molecule has 100 valence electrons. The summed E-state index contributed by atoms with van der Waals surface area (Å²) in [5, 5.41) is 10.7. The highest BCUT2D eigenvalue weighted by atomic mass is 16.5. The van der Waals surface area contributed by atoms with Gasteiger partial charge in [-0.2, -0.15) is 0 Å². The van der Waals surface area contributed by atoms with Crippen LogP contribution in [0.5, 0.6) is 0 Å². The maximum absolute atomic E-state index is 11.9. The average molecular weight is 243 g/mol. The fraction of sp³-hybridized carbons (Fsp3) is 0.923. The summed E-state index contributed by atoms with van der Waals surface area (Å²) in [6, 6.07) is 0.303. The second-order valence-corrected chi connectivity index (χ2v) is 5.10. The molecule has 3 atom stereocenters. The van der Waals surface area contributed by atoms with E-state index in [0.29, 0.717) is 31.9 Å². The summed E-state index contributed by atoms with van der Waals surface area (Å²) in [6.07, 6.45) is 1.91. The van der Waals surface area contributed by atoms with Crippen LogP contribution in [0.1, 0.15) is 40.0 Å². The number of rotatable bonds is 4. The first-order valence-corrected chi connectivity index (χ1v) is 6.53. The molecule has 1 aliphatic heterocycles. The fourth-order valence-corrected chi connectivity index (χ4v) is 2.69. The van der Waals surface area contributed by atoms with Crippen molar-refractivity contribution in [2.75, 3.05) is 20.2 Å². The summed E-state index contributed by atoms with van der Waals surface area (Å²) < 4.78 is 5.06. The van der Waals surface area contributed by atoms with Crippen LogP contribution in [-0.2, 0) is 9.53 Å². The monoisotopic (exact) mass is 243 g/mol. The molecular weight excluding hydrogens is 218 g/mol. The zero-order valence-corrected chi connectivity index (χ0v) is 11.4. The summed E-state index contributed by atoms with van der Waals surface area (Å²) in [4.78, 5) is 14.1. The molecule has 0 aromatic carbocycles. The number of aliphatic hydroxyl groups is 1. The third-order valence-electron chi connectivity index (χ3n) is 3.93. The molecule has 4 heteroatoms. The van der Waals surface area contributed by atoms with E-state index >= 15 is 0 Å². The van der Waals surface area contributed by atoms with Crippen molar-refractivity contribution < 1.29 is 14.6 Å². The van der Waals surface area contributed by atoms with Crippen molar-refractivity contribution in [2.45, 2.75) is 51.7 Å². The first-order chi connectivity index (χ1) is 7.94. The Hall–Kier alpha value is -0.610. The molecular formula is C13H25NO3. The number of carbonyl (C=O) groups is 1. The van der Waals surface area contributed by atoms with Gasteiger partial charge in [0.05, 0.1) is 18.1 Å². The van der Waals surface area contributed by atoms with Gasteiger partial charge in [0.15, 0.2) is 0 Å². The maximum Gasteiger partial charge on any atom is 0.311 e. The Morgan fingerprint density at radius 1 is 1.59 bits per heavy atom. The largest absolute Gasteiger partial charge is 0.466 e. The molecule has 1 rings (SSSR count). The van der Waals surface area contributed by atoms with Crippen molar-refractivity contribution >= 4 is 5.97 Å². The van der Waals surface area contributed by atoms with Crippen molar-refractivity contribution in [3.05, 3.63) is 0 Å². The number of carbonyl (C=O) groups excluding carboxylic acids is 1. The molecule has 1 fully saturated rings. The molecule has 0 aromatic rings. The number of likely N-dealkylation sites (tertiary alicyclic amines) is 1. The van der Waals surface area contributed by atoms with Gasteiger partial charge in [0.1, 0.15) is 0 Å². The van der Waals surface area contributed by atoms with Gasteiger partial charge in [0.2, 0.25) is 0 Å². The molecule has 0 aromatic heterocycles. The molecule has 3 unspecified atom stereocenters. The van der Waals surface area contributed by atoms with Gasteiger partial charge in [0, 0.05) is 12.6 Å². The van der Waals surface area contributed by atoms with E-state index in [4.69, 9.17) is 4.74 Å². The van der Waals surface area contributed by atoms with E-state index in [9.17, 15) is 9.90 Å². The molecule has 4 nitrogen and oxygen atoms in total. The number of ether oxygens (including phenoxy) is 1. The molecule has 1 heterocycles. The van der Waals surface area contributed by atoms with E-state index in [2.05, 4.69) is 18.9 Å². The van der Waals surface area contributed by atoms with E-state index in [0.717, 1.165) is 6.54 Å². The number of piperidine rings is 1. The minimum atomic E-state index is -0.896. The summed E-state index contributed by atoms with van der Waals surface area (Å²) in [5.41, 5.74) is -0.896. The molecule has 17 heavy (non-hydrogen) atoms. The lowest BCUT2D eigenvalue weighted by Crippen LogP contribution is -2.53. The van der Waals surface area contributed by atoms with Gasteiger partial charge in [-0.1, -0.05) is 6.92 Å². The standard InChI is InChI=1S/C13H25NO3/c1-5-11(12(15)17-6-2)13(16)7-8-14(4)10(3)9-13/h10-11,16H,5-9H2,1-4H3. The van der Waals surface area contributed by atoms with Crippen molar-refractivity contribution in [1.82, 2.24) is 4.90 Å². The second kappa shape index (κ2) is 5.83. The second-order valence-electron chi connectivity index (χ2n) is 5.10. The predicted molar refractivity (Wildman–Crippen MR) is 66.7 cm³/mol. The van der Waals surface area contributed by atoms with Crippen LogP contribution in [0.3, 0.4) is 0 Å². The van der Waals surface area contributed by atoms with Crippen LogP contribution in [0.2, 0.25) is 0 Å². The zero-order chi connectivity index (χ0) is 13.1. The Bertz CT molecular complexity index is 269. The lowest BCUT2D eigenvalue weighted by atomic mass is 9.76. The molecule has 0 bridgehead atoms. The summed E-state index contributed by atoms with van der Waals surface area (Å²) in [7, 11) is 2.05. The SMILES string of the molecule is CCOC(=O)C(CC)C1(O)CCN(C)C(C)C1. The van der Waals surface area contributed by atoms with E-state index in [1.165, 1.54) is 0 Å². The van der Waals surface area contributed by atoms with Crippen LogP contribution in [0, 0.1) is 5.92 Å². The van der Waals surface area contributed by atoms with E-state index in [1.807, 2.05) is 6.92 Å². The van der Waals surface area contributed by atoms with Gasteiger partial charge >= 0.3 is 5.97 Å². The van der Waals surface area contributed by atoms with Crippen LogP contribution in [0.25, 0.3) is 0 Å². The topological polar surface area (TPSA) is 49.8 Å². The van der Waals surface area contributed by atoms with E-state index in [-0.39, 0.29) is 5.97 Å². The van der Waals surface area contributed by atoms with Crippen LogP contribution < -0.4 is 0 Å². The van der Waals surface area contributed by atoms with Gasteiger partial charge < -0.3 is 14.7 Å². The van der Waals surface area contributed by atoms with Gasteiger partial charge in [-0.15, -0.1) is 0 Å². The van der Waals surface area contributed by atoms with Crippen LogP contribution in [0.4, 0.5) is 0 Å². The molecule has 1 saturated heterocycles. The van der Waals surface area contributed by atoms with Crippen molar-refractivity contribution in [2.24, 2.45) is 5.92 Å². The first kappa shape index (κ1) is 14.5. The number of esters is 1. The van der Waals surface area contributed by atoms with Crippen molar-refractivity contribution in [3.8, 4) is 0 Å². The first-order valence-electron chi connectivity index (χ1n) is 6.53. The summed E-state index contributed by atoms with van der Waals surface area (Å²) >= 11 is 0. The third-order valence-corrected chi connectivity index (χ3v) is 3.93. The van der Waals surface area contributed by atoms with Gasteiger partial charge in [0.25, 0.3) is 0 Å². The zero-order valence-electron chi connectivity index (χ0n) is 11.4. The molecule has 0 spiro atoms. The van der Waals surface area contributed by atoms with Gasteiger partial charge in [-0.25, -0.2) is 0 Å². The highest BCUT2D eigenvalue weighted by Crippen LogP contribution is 2.35. The number of nitrogens with zero attached hydrogens (tertiary/aromatic N) is 1. The Morgan fingerprint density at radius 3 is 2.71 bits per heavy atom. The van der Waals surface area contributed by atoms with Crippen LogP contribution >= 0.6 is 0 Å². The third kappa shape index (κ3) is 3.19. The van der Waals surface area contributed by atoms with E-state index in [1.54, 1.807) is 6.92 Å². The van der Waals surface area contributed by atoms with Crippen molar-refractivity contribution in [1.29, 1.82) is 0 Å². The predicted octanol–water partition coefficient (Wildman–Crippen LogP) is 1.42. The normalized spacial score (nSPS) is 32.2. The quantitative estimate of drug-likeness (QED) is 0.759. The highest BCUT2D eigenvalue weighted by molar-refractivity contribution is 5.73. The smallest absolute Gasteiger partial charge is 0.311 e. The fourth-order valence-electron chi connectivity index (χ4n) is 2.69. The summed E-state index contributed by atoms with van der Waals surface area (Å²) in [5.74, 6) is -0.646. The molecule has 0 amide bonds. The van der Waals surface area contributed by atoms with Crippen LogP contribution in [-0.4, -0.2) is 47.8 Å². The Labute approximate surface area is 104 Å². The average Bonchev–Trinajstić information content (AvgIpc) is 2.25. The Kier molecular flexibility index (Phi) is 4.95. The number of hydrogen-bond acceptors (Lipinski definition) is 4. The summed E-state index contributed by atoms with van der Waals surface area (Å²) in [6.45, 7) is 7.02. The lowest BCUT2D eigenvalue weighted by molar-refractivity contribution is -0.164. The molecule has 0 aliphatic carbocycles.